The third kappa shape index (κ3) is 3.81. The van der Waals surface area contributed by atoms with Gasteiger partial charge in [0.1, 0.15) is 0 Å². The Bertz CT molecular complexity index is 1400. The van der Waals surface area contributed by atoms with E-state index in [2.05, 4.69) is 16.3 Å². The van der Waals surface area contributed by atoms with Crippen LogP contribution in [0, 0.1) is 0 Å². The molecule has 1 amide bonds. The standard InChI is InChI=1S/C24H25N5O3S/c1-16(21(30)27-14-12-17-8-3-5-10-19(17)27)33-24-26-25-23-28(13-7-15-32-2)22(31)18-9-4-6-11-20(18)29(23)24/h3-6,8-11,16H,7,12-15H2,1-2H3. The summed E-state index contributed by atoms with van der Waals surface area (Å²) < 4.78 is 8.68. The number of rotatable bonds is 7. The van der Waals surface area contributed by atoms with Crippen LogP contribution in [0.1, 0.15) is 18.9 Å². The first kappa shape index (κ1) is 21.7. The molecule has 0 N–H and O–H groups in total. The summed E-state index contributed by atoms with van der Waals surface area (Å²) >= 11 is 1.37. The number of thioether (sulfide) groups is 1. The molecule has 4 aromatic rings. The highest BCUT2D eigenvalue weighted by Gasteiger charge is 2.29. The SMILES string of the molecule is COCCCn1c(=O)c2ccccc2n2c(SC(C)C(=O)N3CCc4ccccc43)nnc12. The van der Waals surface area contributed by atoms with Gasteiger partial charge in [-0.05, 0) is 43.5 Å². The number of carbonyl (C=O) groups excluding carboxylic acids is 1. The molecule has 9 heteroatoms. The van der Waals surface area contributed by atoms with E-state index in [4.69, 9.17) is 4.74 Å². The van der Waals surface area contributed by atoms with E-state index in [9.17, 15) is 9.59 Å². The number of aryl methyl sites for hydroxylation is 1. The number of carbonyl (C=O) groups is 1. The molecule has 2 aromatic heterocycles. The van der Waals surface area contributed by atoms with Crippen molar-refractivity contribution in [2.75, 3.05) is 25.2 Å². The summed E-state index contributed by atoms with van der Waals surface area (Å²) in [6, 6.07) is 15.5. The number of hydrogen-bond donors (Lipinski definition) is 0. The quantitative estimate of drug-likeness (QED) is 0.309. The highest BCUT2D eigenvalue weighted by Crippen LogP contribution is 2.32. The summed E-state index contributed by atoms with van der Waals surface area (Å²) in [4.78, 5) is 28.3. The van der Waals surface area contributed by atoms with Crippen LogP contribution in [0.4, 0.5) is 5.69 Å². The summed E-state index contributed by atoms with van der Waals surface area (Å²) in [5, 5.41) is 9.55. The largest absolute Gasteiger partial charge is 0.385 e. The second-order valence-electron chi connectivity index (χ2n) is 8.07. The van der Waals surface area contributed by atoms with Crippen molar-refractivity contribution in [2.24, 2.45) is 0 Å². The lowest BCUT2D eigenvalue weighted by molar-refractivity contribution is -0.117. The van der Waals surface area contributed by atoms with Crippen molar-refractivity contribution in [3.05, 3.63) is 64.4 Å². The van der Waals surface area contributed by atoms with Crippen LogP contribution in [0.3, 0.4) is 0 Å². The molecule has 1 unspecified atom stereocenters. The molecule has 170 valence electrons. The topological polar surface area (TPSA) is 81.7 Å². The van der Waals surface area contributed by atoms with Gasteiger partial charge in [0.2, 0.25) is 11.7 Å². The molecule has 0 fully saturated rings. The van der Waals surface area contributed by atoms with Gasteiger partial charge >= 0.3 is 0 Å². The minimum absolute atomic E-state index is 0.0411. The molecule has 0 saturated carbocycles. The number of amides is 1. The Balaban J connectivity index is 1.51. The minimum Gasteiger partial charge on any atom is -0.385 e. The van der Waals surface area contributed by atoms with Gasteiger partial charge in [-0.15, -0.1) is 10.2 Å². The molecular weight excluding hydrogens is 438 g/mol. The van der Waals surface area contributed by atoms with Gasteiger partial charge in [-0.1, -0.05) is 42.1 Å². The van der Waals surface area contributed by atoms with Gasteiger partial charge in [-0.3, -0.25) is 18.6 Å². The number of benzene rings is 2. The molecule has 0 saturated heterocycles. The lowest BCUT2D eigenvalue weighted by Gasteiger charge is -2.21. The van der Waals surface area contributed by atoms with Crippen LogP contribution in [0.2, 0.25) is 0 Å². The Kier molecular flexibility index (Phi) is 5.90. The van der Waals surface area contributed by atoms with E-state index in [0.29, 0.717) is 42.4 Å². The third-order valence-electron chi connectivity index (χ3n) is 5.99. The van der Waals surface area contributed by atoms with Crippen molar-refractivity contribution in [1.29, 1.82) is 0 Å². The van der Waals surface area contributed by atoms with Crippen LogP contribution in [0.25, 0.3) is 16.7 Å². The van der Waals surface area contributed by atoms with Crippen molar-refractivity contribution in [3.63, 3.8) is 0 Å². The van der Waals surface area contributed by atoms with Gasteiger partial charge in [0.05, 0.1) is 16.2 Å². The minimum atomic E-state index is -0.365. The third-order valence-corrected chi connectivity index (χ3v) is 7.02. The Morgan fingerprint density at radius 1 is 1.15 bits per heavy atom. The normalized spacial score (nSPS) is 14.2. The lowest BCUT2D eigenvalue weighted by atomic mass is 10.2. The van der Waals surface area contributed by atoms with E-state index in [0.717, 1.165) is 17.6 Å². The highest BCUT2D eigenvalue weighted by molar-refractivity contribution is 8.00. The van der Waals surface area contributed by atoms with E-state index in [1.54, 1.807) is 11.7 Å². The maximum atomic E-state index is 13.3. The Morgan fingerprint density at radius 2 is 1.94 bits per heavy atom. The van der Waals surface area contributed by atoms with Crippen LogP contribution in [0.5, 0.6) is 0 Å². The predicted molar refractivity (Wildman–Crippen MR) is 129 cm³/mol. The van der Waals surface area contributed by atoms with Crippen LogP contribution < -0.4 is 10.5 Å². The zero-order valence-corrected chi connectivity index (χ0v) is 19.4. The first-order chi connectivity index (χ1) is 16.1. The van der Waals surface area contributed by atoms with Gasteiger partial charge in [0, 0.05) is 32.5 Å². The highest BCUT2D eigenvalue weighted by atomic mass is 32.2. The predicted octanol–water partition coefficient (Wildman–Crippen LogP) is 3.15. The smallest absolute Gasteiger partial charge is 0.262 e. The number of hydrogen-bond acceptors (Lipinski definition) is 6. The average molecular weight is 464 g/mol. The fourth-order valence-corrected chi connectivity index (χ4v) is 5.29. The van der Waals surface area contributed by atoms with E-state index >= 15 is 0 Å². The Morgan fingerprint density at radius 3 is 2.79 bits per heavy atom. The zero-order chi connectivity index (χ0) is 22.9. The van der Waals surface area contributed by atoms with Crippen LogP contribution in [-0.2, 0) is 22.5 Å². The van der Waals surface area contributed by atoms with E-state index in [-0.39, 0.29) is 16.7 Å². The maximum absolute atomic E-state index is 13.3. The van der Waals surface area contributed by atoms with Crippen molar-refractivity contribution >= 4 is 40.0 Å². The van der Waals surface area contributed by atoms with Gasteiger partial charge in [-0.25, -0.2) is 0 Å². The van der Waals surface area contributed by atoms with Crippen LogP contribution >= 0.6 is 11.8 Å². The molecule has 1 aliphatic heterocycles. The summed E-state index contributed by atoms with van der Waals surface area (Å²) in [5.41, 5.74) is 2.82. The van der Waals surface area contributed by atoms with Crippen LogP contribution in [-0.4, -0.2) is 50.6 Å². The van der Waals surface area contributed by atoms with Crippen molar-refractivity contribution in [3.8, 4) is 0 Å². The van der Waals surface area contributed by atoms with Crippen molar-refractivity contribution in [1.82, 2.24) is 19.2 Å². The molecule has 0 spiro atoms. The molecule has 1 atom stereocenters. The van der Waals surface area contributed by atoms with Crippen molar-refractivity contribution < 1.29 is 9.53 Å². The number of aromatic nitrogens is 4. The monoisotopic (exact) mass is 463 g/mol. The molecule has 3 heterocycles. The number of ether oxygens (including phenoxy) is 1. The summed E-state index contributed by atoms with van der Waals surface area (Å²) in [5.74, 6) is 0.517. The number of methoxy groups -OCH3 is 1. The summed E-state index contributed by atoms with van der Waals surface area (Å²) in [6.45, 7) is 3.60. The van der Waals surface area contributed by atoms with Gasteiger partial charge < -0.3 is 9.64 Å². The summed E-state index contributed by atoms with van der Waals surface area (Å²) in [7, 11) is 1.64. The molecule has 5 rings (SSSR count). The van der Waals surface area contributed by atoms with Gasteiger partial charge in [0.25, 0.3) is 5.56 Å². The molecule has 33 heavy (non-hydrogen) atoms. The fraction of sp³-hybridized carbons (Fsp3) is 0.333. The van der Waals surface area contributed by atoms with Crippen molar-refractivity contribution in [2.45, 2.75) is 36.7 Å². The number of fused-ring (bicyclic) bond motifs is 4. The van der Waals surface area contributed by atoms with E-state index in [1.807, 2.05) is 58.7 Å². The van der Waals surface area contributed by atoms with Gasteiger partial charge in [-0.2, -0.15) is 0 Å². The molecular formula is C24H25N5O3S. The van der Waals surface area contributed by atoms with Crippen LogP contribution in [0.15, 0.2) is 58.5 Å². The molecule has 0 bridgehead atoms. The second kappa shape index (κ2) is 8.99. The zero-order valence-electron chi connectivity index (χ0n) is 18.6. The summed E-state index contributed by atoms with van der Waals surface area (Å²) in [6.07, 6.45) is 1.55. The Labute approximate surface area is 195 Å². The number of anilines is 1. The second-order valence-corrected chi connectivity index (χ2v) is 9.37. The van der Waals surface area contributed by atoms with E-state index in [1.165, 1.54) is 17.3 Å². The van der Waals surface area contributed by atoms with Gasteiger partial charge in [0.15, 0.2) is 5.16 Å². The molecule has 2 aromatic carbocycles. The first-order valence-corrected chi connectivity index (χ1v) is 11.9. The lowest BCUT2D eigenvalue weighted by Crippen LogP contribution is -2.35. The molecule has 8 nitrogen and oxygen atoms in total. The Hall–Kier alpha value is -3.17. The number of nitrogens with zero attached hydrogens (tertiary/aromatic N) is 5. The average Bonchev–Trinajstić information content (AvgIpc) is 3.45. The fourth-order valence-electron chi connectivity index (χ4n) is 4.37. The first-order valence-electron chi connectivity index (χ1n) is 11.0. The molecule has 0 aliphatic carbocycles. The van der Waals surface area contributed by atoms with E-state index < -0.39 is 0 Å². The molecule has 0 radical (unpaired) electrons. The molecule has 1 aliphatic rings. The maximum Gasteiger partial charge on any atom is 0.262 e. The number of para-hydroxylation sites is 2.